The largest absolute Gasteiger partial charge is 0.365 e. The number of aromatic nitrogens is 6. The molecule has 0 atom stereocenters. The lowest BCUT2D eigenvalue weighted by Crippen LogP contribution is -2.11. The lowest BCUT2D eigenvalue weighted by molar-refractivity contribution is 0.100. The van der Waals surface area contributed by atoms with Crippen LogP contribution in [-0.4, -0.2) is 35.3 Å². The number of pyridine rings is 1. The Morgan fingerprint density at radius 1 is 1.11 bits per heavy atom. The second-order valence-corrected chi connectivity index (χ2v) is 6.66. The quantitative estimate of drug-likeness (QED) is 0.601. The second kappa shape index (κ2) is 6.31. The van der Waals surface area contributed by atoms with Crippen molar-refractivity contribution in [2.75, 3.05) is 0 Å². The molecule has 0 unspecified atom stereocenters. The number of hydrogen-bond donors (Lipinski definition) is 1. The van der Waals surface area contributed by atoms with Gasteiger partial charge in [-0.15, -0.1) is 0 Å². The van der Waals surface area contributed by atoms with E-state index in [2.05, 4.69) is 34.0 Å². The Hall–Kier alpha value is -3.55. The molecule has 0 fully saturated rings. The minimum Gasteiger partial charge on any atom is -0.365 e. The van der Waals surface area contributed by atoms with E-state index in [-0.39, 0.29) is 11.5 Å². The summed E-state index contributed by atoms with van der Waals surface area (Å²) < 4.78 is 3.31. The van der Waals surface area contributed by atoms with Crippen LogP contribution in [0.15, 0.2) is 42.9 Å². The average molecular weight is 361 g/mol. The predicted molar refractivity (Wildman–Crippen MR) is 101 cm³/mol. The van der Waals surface area contributed by atoms with Crippen LogP contribution in [-0.2, 0) is 0 Å². The van der Waals surface area contributed by atoms with E-state index in [0.717, 1.165) is 17.0 Å². The zero-order valence-electron chi connectivity index (χ0n) is 15.3. The van der Waals surface area contributed by atoms with E-state index >= 15 is 0 Å². The number of carbonyl (C=O) groups excluding carboxylic acids is 1. The smallest absolute Gasteiger partial charge is 0.254 e. The first kappa shape index (κ1) is 16.9. The molecule has 0 saturated carbocycles. The molecule has 0 saturated heterocycles. The zero-order valence-corrected chi connectivity index (χ0v) is 15.3. The highest BCUT2D eigenvalue weighted by molar-refractivity contribution is 5.98. The van der Waals surface area contributed by atoms with Gasteiger partial charge in [0, 0.05) is 17.5 Å². The van der Waals surface area contributed by atoms with Crippen molar-refractivity contribution in [3.63, 3.8) is 0 Å². The Balaban J connectivity index is 1.97. The molecular formula is C19H19N7O. The maximum Gasteiger partial charge on any atom is 0.254 e. The van der Waals surface area contributed by atoms with Crippen LogP contribution in [0.25, 0.3) is 22.9 Å². The number of amides is 1. The molecule has 4 rings (SSSR count). The van der Waals surface area contributed by atoms with Gasteiger partial charge < -0.3 is 5.73 Å². The van der Waals surface area contributed by atoms with Crippen molar-refractivity contribution in [3.8, 4) is 17.2 Å². The van der Waals surface area contributed by atoms with E-state index in [1.54, 1.807) is 10.9 Å². The third-order valence-electron chi connectivity index (χ3n) is 4.39. The van der Waals surface area contributed by atoms with Crippen LogP contribution in [0, 0.1) is 6.92 Å². The molecule has 8 heteroatoms. The summed E-state index contributed by atoms with van der Waals surface area (Å²) in [7, 11) is 0. The summed E-state index contributed by atoms with van der Waals surface area (Å²) in [5.74, 6) is 0.381. The normalized spacial score (nSPS) is 11.4. The Morgan fingerprint density at radius 3 is 2.63 bits per heavy atom. The average Bonchev–Trinajstić information content (AvgIpc) is 3.25. The van der Waals surface area contributed by atoms with Gasteiger partial charge in [-0.25, -0.2) is 19.2 Å². The predicted octanol–water partition coefficient (Wildman–Crippen LogP) is 2.51. The van der Waals surface area contributed by atoms with Gasteiger partial charge in [0.05, 0.1) is 23.8 Å². The van der Waals surface area contributed by atoms with Crippen LogP contribution in [0.3, 0.4) is 0 Å². The number of hydrogen-bond acceptors (Lipinski definition) is 5. The van der Waals surface area contributed by atoms with Crippen LogP contribution in [0.4, 0.5) is 0 Å². The molecule has 4 aromatic rings. The maximum absolute atomic E-state index is 11.7. The maximum atomic E-state index is 11.7. The van der Waals surface area contributed by atoms with Crippen LogP contribution in [0.1, 0.15) is 41.4 Å². The van der Waals surface area contributed by atoms with E-state index in [0.29, 0.717) is 17.2 Å². The first-order chi connectivity index (χ1) is 13.0. The number of nitrogens with two attached hydrogens (primary N) is 1. The van der Waals surface area contributed by atoms with Gasteiger partial charge in [0.15, 0.2) is 11.5 Å². The summed E-state index contributed by atoms with van der Waals surface area (Å²) >= 11 is 0. The molecule has 0 spiro atoms. The van der Waals surface area contributed by atoms with E-state index in [4.69, 9.17) is 5.73 Å². The highest BCUT2D eigenvalue weighted by Gasteiger charge is 2.20. The number of nitrogens with zero attached hydrogens (tertiary/aromatic N) is 6. The molecule has 8 nitrogen and oxygen atoms in total. The van der Waals surface area contributed by atoms with Gasteiger partial charge in [-0.05, 0) is 31.0 Å². The minimum atomic E-state index is -0.562. The van der Waals surface area contributed by atoms with Crippen LogP contribution in [0.5, 0.6) is 0 Å². The first-order valence-corrected chi connectivity index (χ1v) is 8.62. The summed E-state index contributed by atoms with van der Waals surface area (Å²) in [4.78, 5) is 20.9. The molecule has 2 N–H and O–H groups in total. The number of primary amides is 1. The van der Waals surface area contributed by atoms with Gasteiger partial charge in [0.25, 0.3) is 5.91 Å². The molecule has 4 aromatic heterocycles. The third kappa shape index (κ3) is 2.84. The molecule has 1 amide bonds. The van der Waals surface area contributed by atoms with E-state index in [1.807, 2.05) is 37.4 Å². The highest BCUT2D eigenvalue weighted by atomic mass is 16.1. The lowest BCUT2D eigenvalue weighted by atomic mass is 10.0. The molecule has 136 valence electrons. The van der Waals surface area contributed by atoms with Gasteiger partial charge in [0.2, 0.25) is 0 Å². The van der Waals surface area contributed by atoms with E-state index < -0.39 is 5.91 Å². The first-order valence-electron chi connectivity index (χ1n) is 8.62. The fourth-order valence-corrected chi connectivity index (χ4v) is 3.03. The summed E-state index contributed by atoms with van der Waals surface area (Å²) in [6.45, 7) is 6.13. The number of carbonyl (C=O) groups is 1. The Kier molecular flexibility index (Phi) is 3.95. The molecule has 0 radical (unpaired) electrons. The topological polar surface area (TPSA) is 104 Å². The molecule has 4 heterocycles. The van der Waals surface area contributed by atoms with Crippen LogP contribution < -0.4 is 5.73 Å². The minimum absolute atomic E-state index is 0.233. The van der Waals surface area contributed by atoms with Gasteiger partial charge in [0.1, 0.15) is 5.56 Å². The van der Waals surface area contributed by atoms with Crippen molar-refractivity contribution < 1.29 is 4.79 Å². The third-order valence-corrected chi connectivity index (χ3v) is 4.39. The Bertz CT molecular complexity index is 1160. The summed E-state index contributed by atoms with van der Waals surface area (Å²) in [5, 5.41) is 8.68. The Labute approximate surface area is 155 Å². The summed E-state index contributed by atoms with van der Waals surface area (Å²) in [6, 6.07) is 7.63. The molecule has 0 bridgehead atoms. The SMILES string of the molecule is Cc1cccc(-n2ncc(C(C)C)c2-c2ccn3ncc(C(N)=O)c3n2)n1. The molecule has 0 aliphatic rings. The fraction of sp³-hybridized carbons (Fsp3) is 0.211. The van der Waals surface area contributed by atoms with Gasteiger partial charge >= 0.3 is 0 Å². The molecular weight excluding hydrogens is 342 g/mol. The summed E-state index contributed by atoms with van der Waals surface area (Å²) in [6.07, 6.45) is 5.02. The van der Waals surface area contributed by atoms with Crippen molar-refractivity contribution in [2.24, 2.45) is 5.73 Å². The number of fused-ring (bicyclic) bond motifs is 1. The number of rotatable bonds is 4. The van der Waals surface area contributed by atoms with Crippen molar-refractivity contribution >= 4 is 11.6 Å². The summed E-state index contributed by atoms with van der Waals surface area (Å²) in [5.41, 5.74) is 9.59. The molecule has 0 aromatic carbocycles. The second-order valence-electron chi connectivity index (χ2n) is 6.66. The van der Waals surface area contributed by atoms with Crippen molar-refractivity contribution in [2.45, 2.75) is 26.7 Å². The van der Waals surface area contributed by atoms with Crippen molar-refractivity contribution in [1.29, 1.82) is 0 Å². The lowest BCUT2D eigenvalue weighted by Gasteiger charge is -2.11. The standard InChI is InChI=1S/C19H19N7O/c1-11(2)13-9-22-26(16-6-4-5-12(3)23-16)17(13)15-7-8-25-19(24-15)14(10-21-25)18(20)27/h4-11H,1-3H3,(H2,20,27). The molecule has 0 aliphatic carbocycles. The molecule has 0 aliphatic heterocycles. The Morgan fingerprint density at radius 2 is 1.93 bits per heavy atom. The van der Waals surface area contributed by atoms with E-state index in [9.17, 15) is 4.79 Å². The van der Waals surface area contributed by atoms with Gasteiger partial charge in [-0.1, -0.05) is 19.9 Å². The number of aryl methyl sites for hydroxylation is 1. The highest BCUT2D eigenvalue weighted by Crippen LogP contribution is 2.30. The van der Waals surface area contributed by atoms with Crippen LogP contribution in [0.2, 0.25) is 0 Å². The molecule has 27 heavy (non-hydrogen) atoms. The van der Waals surface area contributed by atoms with Gasteiger partial charge in [-0.3, -0.25) is 4.79 Å². The zero-order chi connectivity index (χ0) is 19.1. The van der Waals surface area contributed by atoms with Crippen molar-refractivity contribution in [3.05, 3.63) is 59.7 Å². The van der Waals surface area contributed by atoms with Crippen LogP contribution >= 0.6 is 0 Å². The monoisotopic (exact) mass is 361 g/mol. The van der Waals surface area contributed by atoms with E-state index in [1.165, 1.54) is 10.7 Å². The van der Waals surface area contributed by atoms with Gasteiger partial charge in [-0.2, -0.15) is 10.2 Å². The van der Waals surface area contributed by atoms with Crippen molar-refractivity contribution in [1.82, 2.24) is 29.4 Å². The fourth-order valence-electron chi connectivity index (χ4n) is 3.03.